The fourth-order valence-corrected chi connectivity index (χ4v) is 3.15. The first-order valence-corrected chi connectivity index (χ1v) is 8.54. The van der Waals surface area contributed by atoms with Crippen molar-refractivity contribution in [2.75, 3.05) is 12.9 Å². The first kappa shape index (κ1) is 16.4. The molecule has 21 heavy (non-hydrogen) atoms. The molecular weight excluding hydrogens is 300 g/mol. The summed E-state index contributed by atoms with van der Waals surface area (Å²) in [5.41, 5.74) is 0.341. The van der Waals surface area contributed by atoms with Crippen molar-refractivity contribution in [3.8, 4) is 0 Å². The number of ether oxygens (including phenoxy) is 3. The van der Waals surface area contributed by atoms with Gasteiger partial charge < -0.3 is 14.2 Å². The zero-order valence-corrected chi connectivity index (χ0v) is 13.3. The van der Waals surface area contributed by atoms with Crippen molar-refractivity contribution in [2.24, 2.45) is 0 Å². The zero-order valence-electron chi connectivity index (χ0n) is 12.5. The van der Waals surface area contributed by atoms with Gasteiger partial charge in [-0.15, -0.1) is 0 Å². The van der Waals surface area contributed by atoms with Gasteiger partial charge in [-0.1, -0.05) is 0 Å². The lowest BCUT2D eigenvalue weighted by Gasteiger charge is -2.29. The van der Waals surface area contributed by atoms with E-state index in [1.54, 1.807) is 26.8 Å². The molecule has 0 aromatic carbocycles. The van der Waals surface area contributed by atoms with Gasteiger partial charge in [0.05, 0.1) is 12.9 Å². The Bertz CT molecular complexity index is 549. The molecule has 2 aliphatic rings. The Hall–Kier alpha value is -0.960. The van der Waals surface area contributed by atoms with Gasteiger partial charge in [0.15, 0.2) is 5.79 Å². The van der Waals surface area contributed by atoms with Crippen LogP contribution in [0.2, 0.25) is 0 Å². The standard InChI is InChI=1S/C13H20O7S/c1-5-17-12(14)8-6-9-11(19-13(2,3)18-9)10(7-8)20-21(4,15)16/h6,9-11H,5,7H2,1-4H3/t9-,10-,11?/m1/s1. The molecule has 0 radical (unpaired) electrons. The summed E-state index contributed by atoms with van der Waals surface area (Å²) in [4.78, 5) is 11.9. The highest BCUT2D eigenvalue weighted by atomic mass is 32.2. The van der Waals surface area contributed by atoms with Crippen LogP contribution in [-0.4, -0.2) is 51.3 Å². The van der Waals surface area contributed by atoms with Crippen molar-refractivity contribution in [1.82, 2.24) is 0 Å². The van der Waals surface area contributed by atoms with E-state index in [4.69, 9.17) is 18.4 Å². The second-order valence-electron chi connectivity index (χ2n) is 5.52. The van der Waals surface area contributed by atoms with E-state index in [0.29, 0.717) is 5.57 Å². The van der Waals surface area contributed by atoms with Gasteiger partial charge in [0, 0.05) is 12.0 Å². The SMILES string of the molecule is CCOC(=O)C1=C[C@H]2OC(C)(C)OC2[C@H](OS(C)(=O)=O)C1. The van der Waals surface area contributed by atoms with Gasteiger partial charge in [-0.25, -0.2) is 4.79 Å². The number of hydrogen-bond acceptors (Lipinski definition) is 7. The molecule has 0 N–H and O–H groups in total. The summed E-state index contributed by atoms with van der Waals surface area (Å²) in [5.74, 6) is -1.36. The first-order chi connectivity index (χ1) is 9.61. The second kappa shape index (κ2) is 5.68. The Balaban J connectivity index is 2.26. The largest absolute Gasteiger partial charge is 0.463 e. The van der Waals surface area contributed by atoms with E-state index in [1.165, 1.54) is 0 Å². The molecule has 1 aliphatic carbocycles. The minimum absolute atomic E-state index is 0.104. The first-order valence-electron chi connectivity index (χ1n) is 6.73. The quantitative estimate of drug-likeness (QED) is 0.557. The van der Waals surface area contributed by atoms with Crippen molar-refractivity contribution in [1.29, 1.82) is 0 Å². The maximum Gasteiger partial charge on any atom is 0.333 e. The highest BCUT2D eigenvalue weighted by Gasteiger charge is 2.49. The average molecular weight is 320 g/mol. The van der Waals surface area contributed by atoms with Crippen LogP contribution in [0.4, 0.5) is 0 Å². The van der Waals surface area contributed by atoms with Crippen LogP contribution in [0.5, 0.6) is 0 Å². The third kappa shape index (κ3) is 4.03. The van der Waals surface area contributed by atoms with Crippen LogP contribution in [0.3, 0.4) is 0 Å². The number of fused-ring (bicyclic) bond motifs is 1. The van der Waals surface area contributed by atoms with Gasteiger partial charge in [0.25, 0.3) is 10.1 Å². The average Bonchev–Trinajstić information content (AvgIpc) is 2.62. The smallest absolute Gasteiger partial charge is 0.333 e. The van der Waals surface area contributed by atoms with Crippen LogP contribution in [0, 0.1) is 0 Å². The van der Waals surface area contributed by atoms with E-state index in [0.717, 1.165) is 6.26 Å². The number of carbonyl (C=O) groups excluding carboxylic acids is 1. The Morgan fingerprint density at radius 1 is 1.43 bits per heavy atom. The van der Waals surface area contributed by atoms with Gasteiger partial charge in [0.2, 0.25) is 0 Å². The lowest BCUT2D eigenvalue weighted by Crippen LogP contribution is -2.42. The lowest BCUT2D eigenvalue weighted by molar-refractivity contribution is -0.150. The van der Waals surface area contributed by atoms with Crippen LogP contribution >= 0.6 is 0 Å². The molecule has 1 saturated heterocycles. The summed E-state index contributed by atoms with van der Waals surface area (Å²) in [5, 5.41) is 0. The summed E-state index contributed by atoms with van der Waals surface area (Å²) in [7, 11) is -3.68. The maximum atomic E-state index is 11.9. The molecule has 1 heterocycles. The van der Waals surface area contributed by atoms with Crippen molar-refractivity contribution >= 4 is 16.1 Å². The summed E-state index contributed by atoms with van der Waals surface area (Å²) in [6.45, 7) is 5.39. The Morgan fingerprint density at radius 2 is 2.10 bits per heavy atom. The number of esters is 1. The van der Waals surface area contributed by atoms with E-state index in [-0.39, 0.29) is 13.0 Å². The van der Waals surface area contributed by atoms with E-state index in [9.17, 15) is 13.2 Å². The highest BCUT2D eigenvalue weighted by Crippen LogP contribution is 2.37. The Kier molecular flexibility index (Phi) is 4.44. The minimum Gasteiger partial charge on any atom is -0.463 e. The molecule has 8 heteroatoms. The Labute approximate surface area is 124 Å². The minimum atomic E-state index is -3.68. The highest BCUT2D eigenvalue weighted by molar-refractivity contribution is 7.86. The summed E-state index contributed by atoms with van der Waals surface area (Å²) >= 11 is 0. The number of rotatable bonds is 4. The molecule has 3 atom stereocenters. The molecule has 2 rings (SSSR count). The van der Waals surface area contributed by atoms with Crippen LogP contribution < -0.4 is 0 Å². The molecule has 0 aromatic heterocycles. The molecule has 0 spiro atoms. The van der Waals surface area contributed by atoms with Crippen molar-refractivity contribution < 1.29 is 31.6 Å². The number of hydrogen-bond donors (Lipinski definition) is 0. The maximum absolute atomic E-state index is 11.9. The zero-order chi connectivity index (χ0) is 15.8. The second-order valence-corrected chi connectivity index (χ2v) is 7.12. The summed E-state index contributed by atoms with van der Waals surface area (Å²) in [6, 6.07) is 0. The normalized spacial score (nSPS) is 31.4. The monoisotopic (exact) mass is 320 g/mol. The predicted molar refractivity (Wildman–Crippen MR) is 72.9 cm³/mol. The van der Waals surface area contributed by atoms with Gasteiger partial charge in [-0.05, 0) is 26.8 Å². The van der Waals surface area contributed by atoms with E-state index in [1.807, 2.05) is 0 Å². The molecule has 1 aliphatic heterocycles. The van der Waals surface area contributed by atoms with Gasteiger partial charge in [-0.2, -0.15) is 8.42 Å². The number of carbonyl (C=O) groups is 1. The topological polar surface area (TPSA) is 88.1 Å². The van der Waals surface area contributed by atoms with Crippen LogP contribution in [-0.2, 0) is 33.3 Å². The molecular formula is C13H20O7S. The van der Waals surface area contributed by atoms with Crippen LogP contribution in [0.25, 0.3) is 0 Å². The molecule has 7 nitrogen and oxygen atoms in total. The van der Waals surface area contributed by atoms with E-state index < -0.39 is 40.2 Å². The molecule has 0 bridgehead atoms. The third-order valence-corrected chi connectivity index (χ3v) is 3.75. The fraction of sp³-hybridized carbons (Fsp3) is 0.769. The van der Waals surface area contributed by atoms with Crippen molar-refractivity contribution in [2.45, 2.75) is 51.3 Å². The van der Waals surface area contributed by atoms with Crippen LogP contribution in [0.1, 0.15) is 27.2 Å². The summed E-state index contributed by atoms with van der Waals surface area (Å²) < 4.78 is 44.2. The van der Waals surface area contributed by atoms with Crippen molar-refractivity contribution in [3.63, 3.8) is 0 Å². The van der Waals surface area contributed by atoms with Crippen LogP contribution in [0.15, 0.2) is 11.6 Å². The van der Waals surface area contributed by atoms with Gasteiger partial charge in [0.1, 0.15) is 18.3 Å². The molecule has 120 valence electrons. The molecule has 0 amide bonds. The van der Waals surface area contributed by atoms with Crippen molar-refractivity contribution in [3.05, 3.63) is 11.6 Å². The van der Waals surface area contributed by atoms with Gasteiger partial charge in [-0.3, -0.25) is 4.18 Å². The molecule has 0 aromatic rings. The Morgan fingerprint density at radius 3 is 2.67 bits per heavy atom. The predicted octanol–water partition coefficient (Wildman–Crippen LogP) is 0.744. The molecule has 0 saturated carbocycles. The van der Waals surface area contributed by atoms with E-state index >= 15 is 0 Å². The molecule has 1 unspecified atom stereocenters. The third-order valence-electron chi connectivity index (χ3n) is 3.15. The molecule has 1 fully saturated rings. The van der Waals surface area contributed by atoms with Gasteiger partial charge >= 0.3 is 5.97 Å². The fourth-order valence-electron chi connectivity index (χ4n) is 2.52. The summed E-state index contributed by atoms with van der Waals surface area (Å²) in [6.07, 6.45) is 0.765. The van der Waals surface area contributed by atoms with E-state index in [2.05, 4.69) is 0 Å². The lowest BCUT2D eigenvalue weighted by atomic mass is 9.92.